The predicted octanol–water partition coefficient (Wildman–Crippen LogP) is 3.25. The van der Waals surface area contributed by atoms with Gasteiger partial charge in [-0.15, -0.1) is 34.4 Å². The molecule has 12 heteroatoms. The summed E-state index contributed by atoms with van der Waals surface area (Å²) in [5.74, 6) is -0.304. The number of rotatable bonds is 6. The van der Waals surface area contributed by atoms with Crippen LogP contribution in [-0.2, 0) is 27.3 Å². The SMILES string of the molecule is NCc1c(C2=C(C(=O)S)N3C(=O)C(NC(=O)Cc4ccccc4)[C@H]3SC2)sc2sc(Cl)cc2c1=O. The zero-order valence-corrected chi connectivity index (χ0v) is 22.0. The molecule has 4 heterocycles. The molecular weight excluding hydrogens is 546 g/mol. The van der Waals surface area contributed by atoms with Crippen molar-refractivity contribution in [2.75, 3.05) is 5.75 Å². The van der Waals surface area contributed by atoms with Crippen LogP contribution in [0.3, 0.4) is 0 Å². The van der Waals surface area contributed by atoms with Crippen molar-refractivity contribution in [3.05, 3.63) is 72.7 Å². The van der Waals surface area contributed by atoms with E-state index < -0.39 is 16.5 Å². The molecule has 2 atom stereocenters. The summed E-state index contributed by atoms with van der Waals surface area (Å²) < 4.78 is 1.21. The molecule has 1 saturated heterocycles. The number of carbonyl (C=O) groups excluding carboxylic acids is 3. The Bertz CT molecular complexity index is 1470. The number of thioether (sulfide) groups is 1. The van der Waals surface area contributed by atoms with Gasteiger partial charge < -0.3 is 11.1 Å². The molecule has 7 nitrogen and oxygen atoms in total. The zero-order valence-electron chi connectivity index (χ0n) is 17.9. The average Bonchev–Trinajstić information content (AvgIpc) is 3.22. The van der Waals surface area contributed by atoms with E-state index in [2.05, 4.69) is 17.9 Å². The number of halogens is 1. The first kappa shape index (κ1) is 24.5. The molecule has 2 aromatic heterocycles. The molecule has 1 fully saturated rings. The van der Waals surface area contributed by atoms with E-state index in [9.17, 15) is 19.2 Å². The number of nitrogens with zero attached hydrogens (tertiary/aromatic N) is 1. The number of β-lactam (4-membered cyclic amide) rings is 1. The number of fused-ring (bicyclic) bond motifs is 2. The number of carbonyl (C=O) groups is 3. The second-order valence-electron chi connectivity index (χ2n) is 7.94. The molecule has 3 aromatic rings. The maximum Gasteiger partial charge on any atom is 0.253 e. The average molecular weight is 564 g/mol. The molecule has 35 heavy (non-hydrogen) atoms. The largest absolute Gasteiger partial charge is 0.341 e. The molecule has 1 aromatic carbocycles. The maximum absolute atomic E-state index is 13.1. The van der Waals surface area contributed by atoms with E-state index >= 15 is 0 Å². The Kier molecular flexibility index (Phi) is 6.81. The topological polar surface area (TPSA) is 110 Å². The van der Waals surface area contributed by atoms with Gasteiger partial charge in [-0.3, -0.25) is 24.1 Å². The monoisotopic (exact) mass is 563 g/mol. The summed E-state index contributed by atoms with van der Waals surface area (Å²) in [6.45, 7) is -0.0220. The second kappa shape index (κ2) is 9.72. The van der Waals surface area contributed by atoms with Gasteiger partial charge in [0.2, 0.25) is 11.0 Å². The Morgan fingerprint density at radius 3 is 2.63 bits per heavy atom. The van der Waals surface area contributed by atoms with E-state index in [1.54, 1.807) is 6.07 Å². The number of hydrogen-bond acceptors (Lipinski definition) is 8. The van der Waals surface area contributed by atoms with E-state index in [1.807, 2.05) is 30.3 Å². The van der Waals surface area contributed by atoms with Crippen LogP contribution in [0.15, 0.2) is 46.9 Å². The Labute approximate surface area is 222 Å². The molecule has 0 bridgehead atoms. The number of thiophene rings is 1. The molecular formula is C23H18ClN3O4S4. The van der Waals surface area contributed by atoms with Crippen LogP contribution in [-0.4, -0.2) is 39.0 Å². The third kappa shape index (κ3) is 4.34. The number of thiol groups is 1. The molecule has 1 unspecified atom stereocenters. The molecule has 5 rings (SSSR count). The number of amides is 2. The van der Waals surface area contributed by atoms with Gasteiger partial charge in [0.05, 0.1) is 20.2 Å². The molecule has 180 valence electrons. The highest BCUT2D eigenvalue weighted by Crippen LogP contribution is 2.46. The lowest BCUT2D eigenvalue weighted by molar-refractivity contribution is -0.146. The minimum Gasteiger partial charge on any atom is -0.341 e. The van der Waals surface area contributed by atoms with Crippen LogP contribution >= 0.6 is 58.7 Å². The highest BCUT2D eigenvalue weighted by molar-refractivity contribution is 8.00. The highest BCUT2D eigenvalue weighted by Gasteiger charge is 2.54. The fourth-order valence-electron chi connectivity index (χ4n) is 4.23. The molecule has 2 amide bonds. The van der Waals surface area contributed by atoms with E-state index in [0.717, 1.165) is 9.58 Å². The lowest BCUT2D eigenvalue weighted by atomic mass is 10.0. The van der Waals surface area contributed by atoms with Crippen LogP contribution in [0.2, 0.25) is 4.34 Å². The summed E-state index contributed by atoms with van der Waals surface area (Å²) in [4.78, 5) is 53.3. The third-order valence-electron chi connectivity index (χ3n) is 5.83. The maximum atomic E-state index is 13.1. The second-order valence-corrected chi connectivity index (χ2v) is 12.4. The van der Waals surface area contributed by atoms with Gasteiger partial charge in [-0.1, -0.05) is 54.6 Å². The number of nitrogens with one attached hydrogen (secondary N) is 1. The van der Waals surface area contributed by atoms with Crippen LogP contribution in [0.25, 0.3) is 15.0 Å². The first-order valence-electron chi connectivity index (χ1n) is 10.5. The fraction of sp³-hybridized carbons (Fsp3) is 0.217. The van der Waals surface area contributed by atoms with Crippen LogP contribution in [0.5, 0.6) is 0 Å². The molecule has 0 saturated carbocycles. The van der Waals surface area contributed by atoms with Gasteiger partial charge in [-0.05, 0) is 11.6 Å². The normalized spacial score (nSPS) is 19.5. The third-order valence-corrected chi connectivity index (χ3v) is 9.98. The minimum atomic E-state index is -0.744. The van der Waals surface area contributed by atoms with Crippen molar-refractivity contribution in [2.24, 2.45) is 5.73 Å². The summed E-state index contributed by atoms with van der Waals surface area (Å²) in [7, 11) is 0. The van der Waals surface area contributed by atoms with Crippen LogP contribution in [0.1, 0.15) is 16.0 Å². The molecule has 3 N–H and O–H groups in total. The summed E-state index contributed by atoms with van der Waals surface area (Å²) >= 11 is 14.2. The van der Waals surface area contributed by atoms with Gasteiger partial charge in [0.15, 0.2) is 5.43 Å². The number of benzene rings is 1. The van der Waals surface area contributed by atoms with Crippen LogP contribution in [0.4, 0.5) is 0 Å². The Morgan fingerprint density at radius 2 is 1.94 bits per heavy atom. The molecule has 0 spiro atoms. The summed E-state index contributed by atoms with van der Waals surface area (Å²) in [5, 5.41) is 2.27. The first-order chi connectivity index (χ1) is 16.8. The Hall–Kier alpha value is -2.15. The van der Waals surface area contributed by atoms with Crippen molar-refractivity contribution in [1.82, 2.24) is 10.2 Å². The van der Waals surface area contributed by atoms with Crippen LogP contribution in [0, 0.1) is 0 Å². The summed E-state index contributed by atoms with van der Waals surface area (Å²) in [6, 6.07) is 10.1. The van der Waals surface area contributed by atoms with Gasteiger partial charge >= 0.3 is 0 Å². The van der Waals surface area contributed by atoms with Crippen molar-refractivity contribution >= 4 is 90.6 Å². The predicted molar refractivity (Wildman–Crippen MR) is 145 cm³/mol. The molecule has 2 aliphatic heterocycles. The van der Waals surface area contributed by atoms with Crippen molar-refractivity contribution in [3.8, 4) is 0 Å². The molecule has 0 radical (unpaired) electrons. The van der Waals surface area contributed by atoms with Gasteiger partial charge in [-0.25, -0.2) is 0 Å². The Morgan fingerprint density at radius 1 is 1.20 bits per heavy atom. The van der Waals surface area contributed by atoms with Crippen molar-refractivity contribution < 1.29 is 14.4 Å². The minimum absolute atomic E-state index is 0.0220. The van der Waals surface area contributed by atoms with E-state index in [1.165, 1.54) is 39.3 Å². The lowest BCUT2D eigenvalue weighted by Crippen LogP contribution is -2.70. The molecule has 0 aliphatic carbocycles. The quantitative estimate of drug-likeness (QED) is 0.314. The molecule has 2 aliphatic rings. The van der Waals surface area contributed by atoms with Crippen molar-refractivity contribution in [2.45, 2.75) is 24.4 Å². The highest BCUT2D eigenvalue weighted by atomic mass is 35.5. The van der Waals surface area contributed by atoms with E-state index in [0.29, 0.717) is 31.5 Å². The van der Waals surface area contributed by atoms with E-state index in [-0.39, 0.29) is 35.9 Å². The van der Waals surface area contributed by atoms with E-state index in [4.69, 9.17) is 17.3 Å². The van der Waals surface area contributed by atoms with Crippen molar-refractivity contribution in [1.29, 1.82) is 0 Å². The summed E-state index contributed by atoms with van der Waals surface area (Å²) in [5.41, 5.74) is 7.59. The smallest absolute Gasteiger partial charge is 0.253 e. The van der Waals surface area contributed by atoms with Crippen molar-refractivity contribution in [3.63, 3.8) is 0 Å². The summed E-state index contributed by atoms with van der Waals surface area (Å²) in [6.07, 6.45) is 0.151. The zero-order chi connectivity index (χ0) is 24.9. The van der Waals surface area contributed by atoms with Gasteiger partial charge in [0.1, 0.15) is 17.1 Å². The van der Waals surface area contributed by atoms with Gasteiger partial charge in [0.25, 0.3) is 5.91 Å². The standard InChI is InChI=1S/C23H18ClN3O4S4/c24-14-7-11-18(29)12(8-25)19(35-23(11)34-14)13-9-33-21-16(20(30)27(21)17(13)22(31)32)26-15(28)6-10-4-2-1-3-5-10/h1-5,7,16,21H,6,8-9,25H2,(H,26,28)(H,31,32)/t16?,21-/m1/s1. The number of nitrogens with two attached hydrogens (primary N) is 1. The first-order valence-corrected chi connectivity index (χ1v) is 14.0. The lowest BCUT2D eigenvalue weighted by Gasteiger charge is -2.50. The fourth-order valence-corrected chi connectivity index (χ4v) is 8.73. The van der Waals surface area contributed by atoms with Gasteiger partial charge in [-0.2, -0.15) is 0 Å². The number of hydrogen-bond donors (Lipinski definition) is 3. The van der Waals surface area contributed by atoms with Gasteiger partial charge in [0, 0.05) is 28.3 Å². The Balaban J connectivity index is 1.48. The van der Waals surface area contributed by atoms with Crippen LogP contribution < -0.4 is 16.5 Å².